The summed E-state index contributed by atoms with van der Waals surface area (Å²) >= 11 is 0. The zero-order valence-corrected chi connectivity index (χ0v) is 11.6. The highest BCUT2D eigenvalue weighted by atomic mass is 16.2. The highest BCUT2D eigenvalue weighted by Gasteiger charge is 2.05. The normalized spacial score (nSPS) is 12.6. The Balaban J connectivity index is 2.14. The summed E-state index contributed by atoms with van der Waals surface area (Å²) in [7, 11) is 0. The van der Waals surface area contributed by atoms with Crippen LogP contribution in [0.1, 0.15) is 44.6 Å². The van der Waals surface area contributed by atoms with Crippen molar-refractivity contribution in [1.29, 1.82) is 0 Å². The average molecular weight is 249 g/mol. The van der Waals surface area contributed by atoms with E-state index in [1.54, 1.807) is 0 Å². The van der Waals surface area contributed by atoms with Crippen LogP contribution in [0.3, 0.4) is 0 Å². The topological polar surface area (TPSA) is 32.3 Å². The Morgan fingerprint density at radius 1 is 1.06 bits per heavy atom. The van der Waals surface area contributed by atoms with Crippen LogP contribution in [0, 0.1) is 0 Å². The predicted octanol–water partition coefficient (Wildman–Crippen LogP) is 3.15. The minimum atomic E-state index is 0.332. The van der Waals surface area contributed by atoms with Crippen molar-refractivity contribution in [2.24, 2.45) is 0 Å². The average Bonchev–Trinajstić information content (AvgIpc) is 2.42. The van der Waals surface area contributed by atoms with Crippen molar-refractivity contribution >= 4 is 0 Å². The van der Waals surface area contributed by atoms with E-state index in [2.05, 4.69) is 42.6 Å². The third-order valence-corrected chi connectivity index (χ3v) is 3.34. The SMILES string of the molecule is CCC(Cc1ccccc1)NCCCCCCO. The molecule has 0 radical (unpaired) electrons. The Labute approximate surface area is 111 Å². The monoisotopic (exact) mass is 249 g/mol. The first-order valence-electron chi connectivity index (χ1n) is 7.25. The van der Waals surface area contributed by atoms with E-state index in [-0.39, 0.29) is 0 Å². The van der Waals surface area contributed by atoms with Gasteiger partial charge in [-0.3, -0.25) is 0 Å². The van der Waals surface area contributed by atoms with Crippen molar-refractivity contribution in [3.05, 3.63) is 35.9 Å². The highest BCUT2D eigenvalue weighted by molar-refractivity contribution is 5.15. The first kappa shape index (κ1) is 15.2. The van der Waals surface area contributed by atoms with Gasteiger partial charge in [-0.1, -0.05) is 50.1 Å². The fourth-order valence-electron chi connectivity index (χ4n) is 2.16. The van der Waals surface area contributed by atoms with Gasteiger partial charge in [-0.25, -0.2) is 0 Å². The second-order valence-corrected chi connectivity index (χ2v) is 4.89. The van der Waals surface area contributed by atoms with Crippen LogP contribution in [-0.2, 0) is 6.42 Å². The number of hydrogen-bond donors (Lipinski definition) is 2. The molecule has 18 heavy (non-hydrogen) atoms. The molecule has 2 nitrogen and oxygen atoms in total. The minimum absolute atomic E-state index is 0.332. The first-order chi connectivity index (χ1) is 8.86. The maximum absolute atomic E-state index is 8.70. The lowest BCUT2D eigenvalue weighted by Gasteiger charge is -2.17. The summed E-state index contributed by atoms with van der Waals surface area (Å²) in [5.41, 5.74) is 1.41. The van der Waals surface area contributed by atoms with Gasteiger partial charge in [-0.2, -0.15) is 0 Å². The molecule has 0 fully saturated rings. The Morgan fingerprint density at radius 3 is 2.44 bits per heavy atom. The molecular formula is C16H27NO. The van der Waals surface area contributed by atoms with Gasteiger partial charge >= 0.3 is 0 Å². The van der Waals surface area contributed by atoms with Crippen LogP contribution in [0.15, 0.2) is 30.3 Å². The molecule has 0 heterocycles. The molecule has 0 aliphatic carbocycles. The number of rotatable bonds is 10. The Bertz CT molecular complexity index is 286. The van der Waals surface area contributed by atoms with E-state index < -0.39 is 0 Å². The van der Waals surface area contributed by atoms with Gasteiger partial charge in [0.05, 0.1) is 0 Å². The van der Waals surface area contributed by atoms with Crippen molar-refractivity contribution in [1.82, 2.24) is 5.32 Å². The molecule has 0 spiro atoms. The Hall–Kier alpha value is -0.860. The van der Waals surface area contributed by atoms with Gasteiger partial charge in [-0.15, -0.1) is 0 Å². The van der Waals surface area contributed by atoms with Gasteiger partial charge in [0.2, 0.25) is 0 Å². The molecule has 0 amide bonds. The van der Waals surface area contributed by atoms with Gasteiger partial charge in [0.1, 0.15) is 0 Å². The summed E-state index contributed by atoms with van der Waals surface area (Å²) in [5.74, 6) is 0. The van der Waals surface area contributed by atoms with Crippen molar-refractivity contribution in [3.63, 3.8) is 0 Å². The first-order valence-corrected chi connectivity index (χ1v) is 7.25. The molecule has 0 bridgehead atoms. The van der Waals surface area contributed by atoms with Crippen LogP contribution < -0.4 is 5.32 Å². The lowest BCUT2D eigenvalue weighted by atomic mass is 10.0. The molecule has 102 valence electrons. The maximum Gasteiger partial charge on any atom is 0.0431 e. The zero-order chi connectivity index (χ0) is 13.1. The van der Waals surface area contributed by atoms with E-state index >= 15 is 0 Å². The number of aliphatic hydroxyl groups excluding tert-OH is 1. The molecule has 2 N–H and O–H groups in total. The van der Waals surface area contributed by atoms with Crippen LogP contribution in [-0.4, -0.2) is 24.3 Å². The van der Waals surface area contributed by atoms with Crippen LogP contribution in [0.4, 0.5) is 0 Å². The van der Waals surface area contributed by atoms with Gasteiger partial charge in [0, 0.05) is 12.6 Å². The summed E-state index contributed by atoms with van der Waals surface area (Å²) in [6, 6.07) is 11.3. The van der Waals surface area contributed by atoms with E-state index in [1.165, 1.54) is 24.8 Å². The predicted molar refractivity (Wildman–Crippen MR) is 77.8 cm³/mol. The third-order valence-electron chi connectivity index (χ3n) is 3.34. The van der Waals surface area contributed by atoms with Crippen LogP contribution >= 0.6 is 0 Å². The highest BCUT2D eigenvalue weighted by Crippen LogP contribution is 2.06. The van der Waals surface area contributed by atoms with E-state index in [4.69, 9.17) is 5.11 Å². The summed E-state index contributed by atoms with van der Waals surface area (Å²) < 4.78 is 0. The smallest absolute Gasteiger partial charge is 0.0431 e. The number of nitrogens with one attached hydrogen (secondary N) is 1. The molecule has 1 atom stereocenters. The van der Waals surface area contributed by atoms with Crippen molar-refractivity contribution in [2.75, 3.05) is 13.2 Å². The molecule has 1 aromatic rings. The second-order valence-electron chi connectivity index (χ2n) is 4.89. The molecule has 2 heteroatoms. The van der Waals surface area contributed by atoms with Gasteiger partial charge in [0.15, 0.2) is 0 Å². The second kappa shape index (κ2) is 10.1. The van der Waals surface area contributed by atoms with Crippen molar-refractivity contribution < 1.29 is 5.11 Å². The summed E-state index contributed by atoms with van der Waals surface area (Å²) in [5, 5.41) is 12.3. The molecular weight excluding hydrogens is 222 g/mol. The molecule has 1 rings (SSSR count). The van der Waals surface area contributed by atoms with E-state index in [1.807, 2.05) is 0 Å². The Morgan fingerprint density at radius 2 is 1.78 bits per heavy atom. The van der Waals surface area contributed by atoms with Gasteiger partial charge in [0.25, 0.3) is 0 Å². The van der Waals surface area contributed by atoms with Gasteiger partial charge < -0.3 is 10.4 Å². The maximum atomic E-state index is 8.70. The molecule has 0 saturated carbocycles. The van der Waals surface area contributed by atoms with E-state index in [0.29, 0.717) is 12.6 Å². The van der Waals surface area contributed by atoms with E-state index in [9.17, 15) is 0 Å². The number of unbranched alkanes of at least 4 members (excludes halogenated alkanes) is 3. The quantitative estimate of drug-likeness (QED) is 0.624. The van der Waals surface area contributed by atoms with Crippen molar-refractivity contribution in [2.45, 2.75) is 51.5 Å². The minimum Gasteiger partial charge on any atom is -0.396 e. The van der Waals surface area contributed by atoms with Gasteiger partial charge in [-0.05, 0) is 37.8 Å². The molecule has 0 aliphatic heterocycles. The fraction of sp³-hybridized carbons (Fsp3) is 0.625. The largest absolute Gasteiger partial charge is 0.396 e. The molecule has 1 aromatic carbocycles. The summed E-state index contributed by atoms with van der Waals surface area (Å²) in [4.78, 5) is 0. The molecule has 0 aliphatic rings. The van der Waals surface area contributed by atoms with E-state index in [0.717, 1.165) is 25.8 Å². The lowest BCUT2D eigenvalue weighted by molar-refractivity contribution is 0.282. The van der Waals surface area contributed by atoms with Crippen molar-refractivity contribution in [3.8, 4) is 0 Å². The van der Waals surface area contributed by atoms with Crippen LogP contribution in [0.25, 0.3) is 0 Å². The van der Waals surface area contributed by atoms with Crippen LogP contribution in [0.5, 0.6) is 0 Å². The van der Waals surface area contributed by atoms with Crippen LogP contribution in [0.2, 0.25) is 0 Å². The molecule has 0 saturated heterocycles. The number of aliphatic hydroxyl groups is 1. The standard InChI is InChI=1S/C16H27NO/c1-2-16(14-15-10-6-5-7-11-15)17-12-8-3-4-9-13-18/h5-7,10-11,16-18H,2-4,8-9,12-14H2,1H3. The lowest BCUT2D eigenvalue weighted by Crippen LogP contribution is -2.31. The number of benzene rings is 1. The molecule has 1 unspecified atom stereocenters. The Kier molecular flexibility index (Phi) is 8.53. The third kappa shape index (κ3) is 6.77. The zero-order valence-electron chi connectivity index (χ0n) is 11.6. The number of hydrogen-bond acceptors (Lipinski definition) is 2. The fourth-order valence-corrected chi connectivity index (χ4v) is 2.16. The summed E-state index contributed by atoms with van der Waals surface area (Å²) in [6.45, 7) is 3.67. The summed E-state index contributed by atoms with van der Waals surface area (Å²) in [6.07, 6.45) is 6.81. The molecule has 0 aromatic heterocycles.